The molecule has 1 saturated heterocycles. The monoisotopic (exact) mass is 1250 g/mol. The topological polar surface area (TPSA) is 110 Å². The molecule has 0 radical (unpaired) electrons. The lowest BCUT2D eigenvalue weighted by atomic mass is 9.66. The third-order valence-corrected chi connectivity index (χ3v) is 22.7. The molecule has 8 rings (SSSR count). The van der Waals surface area contributed by atoms with E-state index in [2.05, 4.69) is 61.5 Å². The van der Waals surface area contributed by atoms with Crippen LogP contribution in [0.15, 0.2) is 12.1 Å². The average molecular weight is 1250 g/mol. The van der Waals surface area contributed by atoms with E-state index < -0.39 is 36.3 Å². The average Bonchev–Trinajstić information content (AvgIpc) is 1.50. The van der Waals surface area contributed by atoms with E-state index in [9.17, 15) is 10.0 Å². The minimum Gasteiger partial charge on any atom is -0.423 e. The van der Waals surface area contributed by atoms with Crippen molar-refractivity contribution in [2.75, 3.05) is 0 Å². The molecule has 0 amide bonds. The van der Waals surface area contributed by atoms with Gasteiger partial charge in [0.1, 0.15) is 33.7 Å². The summed E-state index contributed by atoms with van der Waals surface area (Å²) in [5, 5.41) is 22.5. The van der Waals surface area contributed by atoms with E-state index in [0.717, 1.165) is 130 Å². The Hall–Kier alpha value is -2.87. The first kappa shape index (κ1) is 71.0. The minimum absolute atomic E-state index is 0.256. The van der Waals surface area contributed by atoms with E-state index >= 15 is 8.78 Å². The largest absolute Gasteiger partial charge is 0.497 e. The maximum atomic E-state index is 20.3. The van der Waals surface area contributed by atoms with Gasteiger partial charge in [-0.1, -0.05) is 297 Å². The number of halogens is 2. The summed E-state index contributed by atoms with van der Waals surface area (Å²) in [7, 11) is -2.58. The van der Waals surface area contributed by atoms with Crippen molar-refractivity contribution in [3.8, 4) is 22.3 Å². The highest BCUT2D eigenvalue weighted by Gasteiger charge is 2.57. The lowest BCUT2D eigenvalue weighted by molar-refractivity contribution is 0.00578. The van der Waals surface area contributed by atoms with Crippen LogP contribution in [0.3, 0.4) is 0 Å². The Bertz CT molecular complexity index is 2860. The summed E-state index contributed by atoms with van der Waals surface area (Å²) < 4.78 is 74.1. The van der Waals surface area contributed by atoms with Crippen LogP contribution >= 0.6 is 23.5 Å². The van der Waals surface area contributed by atoms with E-state index in [4.69, 9.17) is 26.8 Å². The van der Waals surface area contributed by atoms with Crippen LogP contribution in [0, 0.1) is 11.6 Å². The van der Waals surface area contributed by atoms with Gasteiger partial charge in [-0.3, -0.25) is 0 Å². The second kappa shape index (κ2) is 34.9. The number of fused-ring (bicyclic) bond motifs is 10. The smallest absolute Gasteiger partial charge is 0.423 e. The Morgan fingerprint density at radius 3 is 0.977 bits per heavy atom. The second-order valence-corrected chi connectivity index (χ2v) is 29.7. The summed E-state index contributed by atoms with van der Waals surface area (Å²) in [6.07, 6.45) is 49.5. The number of hydrogen-bond donors (Lipinski definition) is 2. The summed E-state index contributed by atoms with van der Waals surface area (Å²) in [5.41, 5.74) is 4.53. The van der Waals surface area contributed by atoms with Crippen LogP contribution < -0.4 is 10.9 Å². The Morgan fingerprint density at radius 2 is 0.659 bits per heavy atom. The molecule has 2 aromatic heterocycles. The van der Waals surface area contributed by atoms with Crippen LogP contribution in [0.2, 0.25) is 0 Å². The van der Waals surface area contributed by atoms with Gasteiger partial charge in [-0.25, -0.2) is 8.78 Å². The van der Waals surface area contributed by atoms with Crippen LogP contribution in [-0.4, -0.2) is 53.0 Å². The maximum Gasteiger partial charge on any atom is 0.497 e. The van der Waals surface area contributed by atoms with Gasteiger partial charge >= 0.3 is 14.2 Å². The highest BCUT2D eigenvalue weighted by Crippen LogP contribution is 2.65. The quantitative estimate of drug-likeness (QED) is 0.0293. The molecular formula is C74H116B2F2N4O4S2. The molecule has 3 aliphatic rings. The molecule has 488 valence electrons. The summed E-state index contributed by atoms with van der Waals surface area (Å²) in [4.78, 5) is 0. The van der Waals surface area contributed by atoms with Gasteiger partial charge < -0.3 is 19.4 Å². The fraction of sp³-hybridized carbons (Fsp3) is 0.757. The van der Waals surface area contributed by atoms with Crippen molar-refractivity contribution in [1.82, 2.24) is 17.5 Å². The van der Waals surface area contributed by atoms with E-state index in [1.54, 1.807) is 0 Å². The molecule has 0 bridgehead atoms. The molecule has 0 saturated carbocycles. The highest BCUT2D eigenvalue weighted by molar-refractivity contribution is 7.00. The highest BCUT2D eigenvalue weighted by atomic mass is 32.1. The van der Waals surface area contributed by atoms with E-state index in [1.807, 2.05) is 6.07 Å². The van der Waals surface area contributed by atoms with Gasteiger partial charge in [0, 0.05) is 55.1 Å². The zero-order valence-electron chi connectivity index (χ0n) is 56.5. The van der Waals surface area contributed by atoms with Crippen molar-refractivity contribution in [2.24, 2.45) is 0 Å². The van der Waals surface area contributed by atoms with Crippen molar-refractivity contribution < 1.29 is 28.1 Å². The molecular weight excluding hydrogens is 1130 g/mol. The van der Waals surface area contributed by atoms with Crippen LogP contribution in [0.25, 0.3) is 44.3 Å². The second-order valence-electron chi connectivity index (χ2n) is 28.7. The van der Waals surface area contributed by atoms with Gasteiger partial charge in [0.2, 0.25) is 0 Å². The molecule has 0 atom stereocenters. The van der Waals surface area contributed by atoms with Gasteiger partial charge in [-0.15, -0.1) is 0 Å². The third kappa shape index (κ3) is 16.5. The van der Waals surface area contributed by atoms with Crippen molar-refractivity contribution in [1.29, 1.82) is 0 Å². The molecule has 5 aromatic rings. The normalized spacial score (nSPS) is 15.9. The molecule has 1 fully saturated rings. The predicted molar refractivity (Wildman–Crippen MR) is 372 cm³/mol. The van der Waals surface area contributed by atoms with E-state index in [-0.39, 0.29) is 17.1 Å². The lowest BCUT2D eigenvalue weighted by Crippen LogP contribution is -2.41. The Kier molecular flexibility index (Phi) is 28.1. The maximum absolute atomic E-state index is 20.3. The van der Waals surface area contributed by atoms with Crippen molar-refractivity contribution in [3.05, 3.63) is 46.0 Å². The third-order valence-electron chi connectivity index (χ3n) is 21.6. The van der Waals surface area contributed by atoms with Gasteiger partial charge in [0.05, 0.1) is 34.7 Å². The number of unbranched alkanes of at least 4 members (excludes halogenated alkanes) is 36. The molecule has 88 heavy (non-hydrogen) atoms. The SMILES string of the molecule is CCCCCCCCCCCCC1(CCCCCCCCCCCC)c2cc(B(O)O)c3nsnc3c2-c2c(F)c3c(c(F)c21)-c1c(cc(B2OC(C)(C)C(C)(C)O2)c2nsnc12)C3(CCCCCCCCCCCC)CCCCCCCCCCCC. The Morgan fingerprint density at radius 1 is 0.386 bits per heavy atom. The first-order chi connectivity index (χ1) is 42.7. The first-order valence-corrected chi connectivity index (χ1v) is 38.1. The first-order valence-electron chi connectivity index (χ1n) is 36.6. The molecule has 1 aliphatic heterocycles. The number of nitrogens with zero attached hydrogens (tertiary/aromatic N) is 4. The van der Waals surface area contributed by atoms with Crippen LogP contribution in [0.5, 0.6) is 0 Å². The summed E-state index contributed by atoms with van der Waals surface area (Å²) >= 11 is 2.13. The summed E-state index contributed by atoms with van der Waals surface area (Å²) in [6.45, 7) is 17.4. The molecule has 14 heteroatoms. The molecule has 0 spiro atoms. The Labute approximate surface area is 541 Å². The van der Waals surface area contributed by atoms with Gasteiger partial charge in [0.25, 0.3) is 0 Å². The Balaban J connectivity index is 1.29. The zero-order valence-corrected chi connectivity index (χ0v) is 58.1. The van der Waals surface area contributed by atoms with Crippen LogP contribution in [0.1, 0.15) is 360 Å². The predicted octanol–water partition coefficient (Wildman–Crippen LogP) is 21.7. The van der Waals surface area contributed by atoms with Gasteiger partial charge in [0.15, 0.2) is 0 Å². The number of aromatic nitrogens is 4. The zero-order chi connectivity index (χ0) is 62.6. The van der Waals surface area contributed by atoms with Crippen molar-refractivity contribution in [2.45, 2.75) is 360 Å². The van der Waals surface area contributed by atoms with Crippen LogP contribution in [-0.2, 0) is 20.1 Å². The standard InChI is InChI=1S/C74H116B2F2N4O4S2/c1-9-13-17-21-25-29-33-37-41-45-49-73(50-46-42-38-34-30-26-22-18-14-10-2)55-53-57(75(83)84)67-69(81-87-79-67)59(55)61-63(73)66(78)62-60-56(54-58(68-70(60)82-88-80-68)76-85-71(5,6)72(7,8)86-76)74(64(62)65(61)77,51-47-43-39-35-31-27-23-19-15-11-3)52-48-44-40-36-32-28-24-20-16-12-4/h53-54,83-84H,9-52H2,1-8H3. The minimum atomic E-state index is -1.84. The van der Waals surface area contributed by atoms with Crippen LogP contribution in [0.4, 0.5) is 8.78 Å². The fourth-order valence-corrected chi connectivity index (χ4v) is 17.0. The number of rotatable bonds is 46. The summed E-state index contributed by atoms with van der Waals surface area (Å²) in [6, 6.07) is 4.10. The lowest BCUT2D eigenvalue weighted by Gasteiger charge is -2.35. The molecule has 3 aromatic carbocycles. The van der Waals surface area contributed by atoms with Crippen molar-refractivity contribution in [3.63, 3.8) is 0 Å². The number of benzene rings is 3. The van der Waals surface area contributed by atoms with Gasteiger partial charge in [-0.2, -0.15) is 17.5 Å². The molecule has 2 N–H and O–H groups in total. The molecule has 3 heterocycles. The van der Waals surface area contributed by atoms with E-state index in [0.29, 0.717) is 81.1 Å². The molecule has 8 nitrogen and oxygen atoms in total. The van der Waals surface area contributed by atoms with Crippen molar-refractivity contribution >= 4 is 70.7 Å². The fourth-order valence-electron chi connectivity index (χ4n) is 15.8. The van der Waals surface area contributed by atoms with Gasteiger partial charge in [-0.05, 0) is 64.5 Å². The summed E-state index contributed by atoms with van der Waals surface area (Å²) in [5.74, 6) is -0.702. The van der Waals surface area contributed by atoms with E-state index in [1.165, 1.54) is 167 Å². The molecule has 2 aliphatic carbocycles. The number of hydrogen-bond acceptors (Lipinski definition) is 10. The molecule has 0 unspecified atom stereocenters.